The molecule has 2 heterocycles. The molecule has 0 bridgehead atoms. The molecule has 8 heteroatoms. The zero-order valence-corrected chi connectivity index (χ0v) is 16.3. The number of hydrogen-bond donors (Lipinski definition) is 0. The third kappa shape index (κ3) is 4.26. The molecule has 0 saturated carbocycles. The van der Waals surface area contributed by atoms with Crippen LogP contribution in [0.15, 0.2) is 35.5 Å². The Kier molecular flexibility index (Phi) is 5.46. The Labute approximate surface area is 160 Å². The lowest BCUT2D eigenvalue weighted by molar-refractivity contribution is -0.137. The van der Waals surface area contributed by atoms with Crippen molar-refractivity contribution in [3.05, 3.63) is 45.7 Å². The molecule has 4 nitrogen and oxygen atoms in total. The van der Waals surface area contributed by atoms with Gasteiger partial charge in [-0.25, -0.2) is 4.79 Å². The monoisotopic (exact) mass is 397 g/mol. The third-order valence-corrected chi connectivity index (χ3v) is 5.65. The SMILES string of the molecule is Cc1cn(-c2ccc(C(F)(F)F)cc2)c(=NC(=O)N2CCCC2C(C)C)s1. The number of thiazole rings is 1. The summed E-state index contributed by atoms with van der Waals surface area (Å²) in [4.78, 5) is 20.2. The van der Waals surface area contributed by atoms with E-state index in [1.807, 2.05) is 6.92 Å². The molecular weight excluding hydrogens is 375 g/mol. The van der Waals surface area contributed by atoms with Gasteiger partial charge in [-0.15, -0.1) is 11.3 Å². The molecule has 2 amide bonds. The maximum absolute atomic E-state index is 12.8. The van der Waals surface area contributed by atoms with Crippen molar-refractivity contribution in [1.82, 2.24) is 9.47 Å². The van der Waals surface area contributed by atoms with E-state index in [2.05, 4.69) is 18.8 Å². The predicted octanol–water partition coefficient (Wildman–Crippen LogP) is 5.01. The molecule has 1 saturated heterocycles. The van der Waals surface area contributed by atoms with Gasteiger partial charge in [0.1, 0.15) is 0 Å². The van der Waals surface area contributed by atoms with Gasteiger partial charge in [0, 0.05) is 29.3 Å². The summed E-state index contributed by atoms with van der Waals surface area (Å²) < 4.78 is 40.0. The number of benzene rings is 1. The van der Waals surface area contributed by atoms with Crippen LogP contribution in [0.2, 0.25) is 0 Å². The molecular formula is C19H22F3N3OS. The Hall–Kier alpha value is -2.09. The van der Waals surface area contributed by atoms with Crippen LogP contribution in [0, 0.1) is 12.8 Å². The summed E-state index contributed by atoms with van der Waals surface area (Å²) in [7, 11) is 0. The number of urea groups is 1. The topological polar surface area (TPSA) is 37.6 Å². The number of nitrogens with zero attached hydrogens (tertiary/aromatic N) is 3. The van der Waals surface area contributed by atoms with Crippen LogP contribution < -0.4 is 4.80 Å². The highest BCUT2D eigenvalue weighted by Gasteiger charge is 2.31. The number of carbonyl (C=O) groups is 1. The molecule has 1 fully saturated rings. The normalized spacial score (nSPS) is 18.6. The maximum Gasteiger partial charge on any atom is 0.416 e. The molecule has 0 radical (unpaired) electrons. The lowest BCUT2D eigenvalue weighted by atomic mass is 10.0. The molecule has 2 aromatic rings. The van der Waals surface area contributed by atoms with Gasteiger partial charge in [-0.2, -0.15) is 18.2 Å². The number of halogens is 3. The number of carbonyl (C=O) groups excluding carboxylic acids is 1. The molecule has 3 rings (SSSR count). The molecule has 0 aliphatic carbocycles. The van der Waals surface area contributed by atoms with Crippen molar-refractivity contribution in [3.63, 3.8) is 0 Å². The average Bonchev–Trinajstić information content (AvgIpc) is 3.21. The average molecular weight is 397 g/mol. The van der Waals surface area contributed by atoms with Gasteiger partial charge in [0.15, 0.2) is 4.80 Å². The van der Waals surface area contributed by atoms with E-state index in [0.717, 1.165) is 29.9 Å². The van der Waals surface area contributed by atoms with Gasteiger partial charge in [0.25, 0.3) is 0 Å². The van der Waals surface area contributed by atoms with Crippen molar-refractivity contribution in [2.24, 2.45) is 10.9 Å². The summed E-state index contributed by atoms with van der Waals surface area (Å²) >= 11 is 1.34. The van der Waals surface area contributed by atoms with Gasteiger partial charge in [-0.1, -0.05) is 13.8 Å². The van der Waals surface area contributed by atoms with Crippen LogP contribution in [-0.2, 0) is 6.18 Å². The zero-order chi connectivity index (χ0) is 19.8. The number of alkyl halides is 3. The molecule has 0 N–H and O–H groups in total. The Balaban J connectivity index is 1.94. The minimum absolute atomic E-state index is 0.182. The van der Waals surface area contributed by atoms with Gasteiger partial charge in [-0.3, -0.25) is 4.57 Å². The highest BCUT2D eigenvalue weighted by atomic mass is 32.1. The lowest BCUT2D eigenvalue weighted by Gasteiger charge is -2.25. The summed E-state index contributed by atoms with van der Waals surface area (Å²) in [5.41, 5.74) is -0.161. The molecule has 146 valence electrons. The summed E-state index contributed by atoms with van der Waals surface area (Å²) in [5.74, 6) is 0.360. The van der Waals surface area contributed by atoms with Crippen LogP contribution in [-0.4, -0.2) is 28.1 Å². The standard InChI is InChI=1S/C19H22F3N3OS/c1-12(2)16-5-4-10-24(16)17(26)23-18-25(11-13(3)27-18)15-8-6-14(7-9-15)19(20,21)22/h6-9,11-12,16H,4-5,10H2,1-3H3. The van der Waals surface area contributed by atoms with Crippen molar-refractivity contribution in [3.8, 4) is 5.69 Å². The first kappa shape index (κ1) is 19.7. The Bertz CT molecular complexity index is 881. The fraction of sp³-hybridized carbons (Fsp3) is 0.474. The number of aryl methyl sites for hydroxylation is 1. The van der Waals surface area contributed by atoms with Crippen LogP contribution in [0.4, 0.5) is 18.0 Å². The van der Waals surface area contributed by atoms with E-state index in [1.165, 1.54) is 23.5 Å². The van der Waals surface area contributed by atoms with Gasteiger partial charge >= 0.3 is 12.2 Å². The Morgan fingerprint density at radius 3 is 2.52 bits per heavy atom. The molecule has 1 aromatic carbocycles. The number of likely N-dealkylation sites (tertiary alicyclic amines) is 1. The fourth-order valence-electron chi connectivity index (χ4n) is 3.40. The quantitative estimate of drug-likeness (QED) is 0.702. The molecule has 1 atom stereocenters. The molecule has 1 aliphatic rings. The van der Waals surface area contributed by atoms with E-state index in [-0.39, 0.29) is 12.1 Å². The van der Waals surface area contributed by atoms with E-state index in [4.69, 9.17) is 0 Å². The molecule has 1 aliphatic heterocycles. The zero-order valence-electron chi connectivity index (χ0n) is 15.5. The second-order valence-electron chi connectivity index (χ2n) is 7.08. The van der Waals surface area contributed by atoms with Crippen molar-refractivity contribution in [1.29, 1.82) is 0 Å². The van der Waals surface area contributed by atoms with Crippen molar-refractivity contribution in [2.45, 2.75) is 45.8 Å². The summed E-state index contributed by atoms with van der Waals surface area (Å²) in [6, 6.07) is 4.76. The number of hydrogen-bond acceptors (Lipinski definition) is 2. The first-order valence-corrected chi connectivity index (χ1v) is 9.70. The first-order chi connectivity index (χ1) is 12.7. The molecule has 1 aromatic heterocycles. The third-order valence-electron chi connectivity index (χ3n) is 4.75. The van der Waals surface area contributed by atoms with Crippen molar-refractivity contribution in [2.75, 3.05) is 6.54 Å². The summed E-state index contributed by atoms with van der Waals surface area (Å²) in [5, 5.41) is 0. The number of aromatic nitrogens is 1. The fourth-order valence-corrected chi connectivity index (χ4v) is 4.22. The van der Waals surface area contributed by atoms with Crippen LogP contribution in [0.3, 0.4) is 0 Å². The van der Waals surface area contributed by atoms with Crippen LogP contribution in [0.25, 0.3) is 5.69 Å². The van der Waals surface area contributed by atoms with E-state index in [9.17, 15) is 18.0 Å². The Morgan fingerprint density at radius 2 is 1.93 bits per heavy atom. The lowest BCUT2D eigenvalue weighted by Crippen LogP contribution is -2.37. The second kappa shape index (κ2) is 7.50. The summed E-state index contributed by atoms with van der Waals surface area (Å²) in [6.07, 6.45) is -0.657. The van der Waals surface area contributed by atoms with E-state index in [0.29, 0.717) is 23.0 Å². The molecule has 0 spiro atoms. The van der Waals surface area contributed by atoms with E-state index < -0.39 is 11.7 Å². The van der Waals surface area contributed by atoms with Crippen LogP contribution in [0.1, 0.15) is 37.1 Å². The van der Waals surface area contributed by atoms with Gasteiger partial charge in [0.2, 0.25) is 0 Å². The van der Waals surface area contributed by atoms with Gasteiger partial charge in [0.05, 0.1) is 5.56 Å². The molecule has 27 heavy (non-hydrogen) atoms. The van der Waals surface area contributed by atoms with Crippen LogP contribution >= 0.6 is 11.3 Å². The minimum atomic E-state index is -4.38. The highest BCUT2D eigenvalue weighted by molar-refractivity contribution is 7.09. The van der Waals surface area contributed by atoms with E-state index in [1.54, 1.807) is 15.7 Å². The van der Waals surface area contributed by atoms with Crippen molar-refractivity contribution >= 4 is 17.4 Å². The van der Waals surface area contributed by atoms with Gasteiger partial charge < -0.3 is 4.90 Å². The molecule has 1 unspecified atom stereocenters. The predicted molar refractivity (Wildman–Crippen MR) is 98.9 cm³/mol. The van der Waals surface area contributed by atoms with Crippen LogP contribution in [0.5, 0.6) is 0 Å². The first-order valence-electron chi connectivity index (χ1n) is 8.89. The Morgan fingerprint density at radius 1 is 1.26 bits per heavy atom. The largest absolute Gasteiger partial charge is 0.416 e. The van der Waals surface area contributed by atoms with Crippen molar-refractivity contribution < 1.29 is 18.0 Å². The second-order valence-corrected chi connectivity index (χ2v) is 8.29. The van der Waals surface area contributed by atoms with Gasteiger partial charge in [-0.05, 0) is 49.9 Å². The highest BCUT2D eigenvalue weighted by Crippen LogP contribution is 2.29. The number of rotatable bonds is 2. The minimum Gasteiger partial charge on any atom is -0.320 e. The number of amides is 2. The smallest absolute Gasteiger partial charge is 0.320 e. The maximum atomic E-state index is 12.8. The summed E-state index contributed by atoms with van der Waals surface area (Å²) in [6.45, 7) is 6.75. The van der Waals surface area contributed by atoms with E-state index >= 15 is 0 Å².